The highest BCUT2D eigenvalue weighted by Gasteiger charge is 2.26. The van der Waals surface area contributed by atoms with Crippen LogP contribution in [0.25, 0.3) is 10.9 Å². The van der Waals surface area contributed by atoms with Gasteiger partial charge in [0.05, 0.1) is 16.5 Å². The molecule has 0 bridgehead atoms. The second-order valence-corrected chi connectivity index (χ2v) is 8.72. The van der Waals surface area contributed by atoms with E-state index in [0.717, 1.165) is 25.1 Å². The molecule has 0 fully saturated rings. The number of fused-ring (bicyclic) bond motifs is 2. The van der Waals surface area contributed by atoms with Crippen LogP contribution < -0.4 is 10.9 Å². The summed E-state index contributed by atoms with van der Waals surface area (Å²) in [6.45, 7) is 0.642. The summed E-state index contributed by atoms with van der Waals surface area (Å²) in [5.74, 6) is -1.02. The van der Waals surface area contributed by atoms with Gasteiger partial charge in [0.15, 0.2) is 0 Å². The molecule has 1 atom stereocenters. The van der Waals surface area contributed by atoms with Crippen LogP contribution in [0.2, 0.25) is 0 Å². The van der Waals surface area contributed by atoms with Crippen LogP contribution in [0.1, 0.15) is 47.1 Å². The molecule has 0 spiro atoms. The van der Waals surface area contributed by atoms with E-state index in [4.69, 9.17) is 4.74 Å². The van der Waals surface area contributed by atoms with Crippen LogP contribution in [-0.4, -0.2) is 21.4 Å². The molecule has 0 aliphatic carbocycles. The number of ether oxygens (including phenoxy) is 1. The van der Waals surface area contributed by atoms with Gasteiger partial charge < -0.3 is 10.1 Å². The largest absolute Gasteiger partial charge is 0.444 e. The average Bonchev–Trinajstić information content (AvgIpc) is 3.14. The van der Waals surface area contributed by atoms with Gasteiger partial charge in [0.25, 0.3) is 11.5 Å². The van der Waals surface area contributed by atoms with Crippen molar-refractivity contribution in [2.24, 2.45) is 0 Å². The van der Waals surface area contributed by atoms with E-state index in [2.05, 4.69) is 10.3 Å². The summed E-state index contributed by atoms with van der Waals surface area (Å²) < 4.78 is 20.6. The number of anilines is 1. The van der Waals surface area contributed by atoms with Gasteiger partial charge in [-0.15, -0.1) is 0 Å². The SMILES string of the molecule is O=C(O[C@@H](C(=O)Nc1ccc(F)cc1)c1ccccc1)c1ccc2c(=O)n3c(nc2c1)CCCCC3. The minimum atomic E-state index is -1.25. The lowest BCUT2D eigenvalue weighted by atomic mass is 10.1. The standard InChI is InChI=1S/C28H24FN3O4/c29-20-11-13-21(14-12-20)30-26(33)25(18-7-3-1-4-8-18)36-28(35)19-10-15-22-23(17-19)31-24-9-5-2-6-16-32(24)27(22)34/h1,3-4,7-8,10-15,17,25H,2,5-6,9,16H2,(H,30,33)/t25-/m1/s1. The van der Waals surface area contributed by atoms with E-state index in [9.17, 15) is 18.8 Å². The van der Waals surface area contributed by atoms with E-state index in [1.807, 2.05) is 0 Å². The fourth-order valence-electron chi connectivity index (χ4n) is 4.36. The van der Waals surface area contributed by atoms with E-state index < -0.39 is 23.8 Å². The predicted octanol–water partition coefficient (Wildman–Crippen LogP) is 4.80. The molecule has 0 saturated carbocycles. The molecule has 4 aromatic rings. The smallest absolute Gasteiger partial charge is 0.339 e. The number of benzene rings is 3. The molecular formula is C28H24FN3O4. The number of amides is 1. The van der Waals surface area contributed by atoms with Gasteiger partial charge in [-0.25, -0.2) is 14.2 Å². The lowest BCUT2D eigenvalue weighted by Gasteiger charge is -2.18. The lowest BCUT2D eigenvalue weighted by molar-refractivity contribution is -0.125. The topological polar surface area (TPSA) is 90.3 Å². The molecule has 1 aliphatic heterocycles. The van der Waals surface area contributed by atoms with Gasteiger partial charge in [-0.2, -0.15) is 0 Å². The van der Waals surface area contributed by atoms with Crippen LogP contribution in [0.5, 0.6) is 0 Å². The zero-order chi connectivity index (χ0) is 25.1. The number of hydrogen-bond acceptors (Lipinski definition) is 5. The Morgan fingerprint density at radius 1 is 0.972 bits per heavy atom. The molecule has 8 heteroatoms. The number of hydrogen-bond donors (Lipinski definition) is 1. The van der Waals surface area contributed by atoms with E-state index >= 15 is 0 Å². The Kier molecular flexibility index (Phi) is 6.58. The predicted molar refractivity (Wildman–Crippen MR) is 133 cm³/mol. The summed E-state index contributed by atoms with van der Waals surface area (Å²) >= 11 is 0. The maximum Gasteiger partial charge on any atom is 0.339 e. The van der Waals surface area contributed by atoms with Crippen molar-refractivity contribution in [2.45, 2.75) is 38.3 Å². The Morgan fingerprint density at radius 3 is 2.53 bits per heavy atom. The van der Waals surface area contributed by atoms with Gasteiger partial charge >= 0.3 is 5.97 Å². The molecule has 7 nitrogen and oxygen atoms in total. The first kappa shape index (κ1) is 23.4. The molecule has 5 rings (SSSR count). The second-order valence-electron chi connectivity index (χ2n) is 8.72. The first-order chi connectivity index (χ1) is 17.5. The van der Waals surface area contributed by atoms with Crippen molar-refractivity contribution >= 4 is 28.5 Å². The van der Waals surface area contributed by atoms with Crippen molar-refractivity contribution in [3.05, 3.63) is 106 Å². The van der Waals surface area contributed by atoms with E-state index in [-0.39, 0.29) is 11.1 Å². The number of halogens is 1. The molecule has 0 radical (unpaired) electrons. The van der Waals surface area contributed by atoms with E-state index in [0.29, 0.717) is 35.1 Å². The molecule has 1 aromatic heterocycles. The van der Waals surface area contributed by atoms with Gasteiger partial charge in [0, 0.05) is 24.2 Å². The summed E-state index contributed by atoms with van der Waals surface area (Å²) in [7, 11) is 0. The van der Waals surface area contributed by atoms with Crippen LogP contribution in [-0.2, 0) is 22.5 Å². The number of nitrogens with one attached hydrogen (secondary N) is 1. The maximum absolute atomic E-state index is 13.2. The average molecular weight is 486 g/mol. The molecule has 1 amide bonds. The third kappa shape index (κ3) is 4.88. The van der Waals surface area contributed by atoms with Crippen molar-refractivity contribution in [1.82, 2.24) is 9.55 Å². The van der Waals surface area contributed by atoms with Crippen molar-refractivity contribution in [2.75, 3.05) is 5.32 Å². The molecule has 182 valence electrons. The number of aryl methyl sites for hydroxylation is 1. The number of carbonyl (C=O) groups excluding carboxylic acids is 2. The normalized spacial score (nSPS) is 13.9. The Bertz CT molecular complexity index is 1480. The van der Waals surface area contributed by atoms with Gasteiger partial charge in [-0.1, -0.05) is 36.8 Å². The Morgan fingerprint density at radius 2 is 1.75 bits per heavy atom. The second kappa shape index (κ2) is 10.1. The molecule has 0 unspecified atom stereocenters. The fraction of sp³-hybridized carbons (Fsp3) is 0.214. The Labute approximate surface area is 206 Å². The monoisotopic (exact) mass is 485 g/mol. The summed E-state index contributed by atoms with van der Waals surface area (Å²) in [5.41, 5.74) is 1.35. The Hall–Kier alpha value is -4.33. The summed E-state index contributed by atoms with van der Waals surface area (Å²) in [6.07, 6.45) is 2.40. The third-order valence-corrected chi connectivity index (χ3v) is 6.23. The van der Waals surface area contributed by atoms with Crippen molar-refractivity contribution in [3.8, 4) is 0 Å². The number of rotatable bonds is 5. The summed E-state index contributed by atoms with van der Waals surface area (Å²) in [6, 6.07) is 18.5. The molecule has 2 heterocycles. The van der Waals surface area contributed by atoms with E-state index in [1.54, 1.807) is 41.0 Å². The molecule has 0 saturated heterocycles. The van der Waals surface area contributed by atoms with Crippen molar-refractivity contribution < 1.29 is 18.7 Å². The maximum atomic E-state index is 13.2. The zero-order valence-corrected chi connectivity index (χ0v) is 19.4. The van der Waals surface area contributed by atoms with Gasteiger partial charge in [-0.05, 0) is 55.3 Å². The van der Waals surface area contributed by atoms with E-state index in [1.165, 1.54) is 36.4 Å². The van der Waals surface area contributed by atoms with Crippen LogP contribution in [0, 0.1) is 5.82 Å². The molecule has 36 heavy (non-hydrogen) atoms. The molecule has 1 aliphatic rings. The number of aromatic nitrogens is 2. The van der Waals surface area contributed by atoms with Crippen molar-refractivity contribution in [1.29, 1.82) is 0 Å². The van der Waals surface area contributed by atoms with Gasteiger partial charge in [-0.3, -0.25) is 14.2 Å². The van der Waals surface area contributed by atoms with Crippen LogP contribution >= 0.6 is 0 Å². The van der Waals surface area contributed by atoms with Crippen molar-refractivity contribution in [3.63, 3.8) is 0 Å². The molecular weight excluding hydrogens is 461 g/mol. The third-order valence-electron chi connectivity index (χ3n) is 6.23. The Balaban J connectivity index is 1.44. The quantitative estimate of drug-likeness (QED) is 0.410. The number of nitrogens with zero attached hydrogens (tertiary/aromatic N) is 2. The number of esters is 1. The minimum Gasteiger partial charge on any atom is -0.444 e. The summed E-state index contributed by atoms with van der Waals surface area (Å²) in [4.78, 5) is 43.9. The minimum absolute atomic E-state index is 0.113. The first-order valence-corrected chi connectivity index (χ1v) is 11.9. The summed E-state index contributed by atoms with van der Waals surface area (Å²) in [5, 5.41) is 3.10. The molecule has 3 aromatic carbocycles. The fourth-order valence-corrected chi connectivity index (χ4v) is 4.36. The number of carbonyl (C=O) groups is 2. The zero-order valence-electron chi connectivity index (χ0n) is 19.4. The van der Waals surface area contributed by atoms with Crippen LogP contribution in [0.3, 0.4) is 0 Å². The first-order valence-electron chi connectivity index (χ1n) is 11.9. The van der Waals surface area contributed by atoms with Gasteiger partial charge in [0.2, 0.25) is 6.10 Å². The highest BCUT2D eigenvalue weighted by molar-refractivity contribution is 5.99. The van der Waals surface area contributed by atoms with Crippen LogP contribution in [0.15, 0.2) is 77.6 Å². The lowest BCUT2D eigenvalue weighted by Crippen LogP contribution is -2.26. The van der Waals surface area contributed by atoms with Gasteiger partial charge in [0.1, 0.15) is 11.6 Å². The van der Waals surface area contributed by atoms with Crippen LogP contribution in [0.4, 0.5) is 10.1 Å². The molecule has 1 N–H and O–H groups in total. The highest BCUT2D eigenvalue weighted by Crippen LogP contribution is 2.23. The highest BCUT2D eigenvalue weighted by atomic mass is 19.1.